The molecule has 0 heterocycles. The summed E-state index contributed by atoms with van der Waals surface area (Å²) in [5.74, 6) is 1.93. The van der Waals surface area contributed by atoms with E-state index in [0.717, 1.165) is 16.1 Å². The fourth-order valence-corrected chi connectivity index (χ4v) is 3.98. The van der Waals surface area contributed by atoms with E-state index in [1.54, 1.807) is 0 Å². The van der Waals surface area contributed by atoms with Gasteiger partial charge in [-0.25, -0.2) is 0 Å². The van der Waals surface area contributed by atoms with Crippen molar-refractivity contribution in [2.24, 2.45) is 11.7 Å². The van der Waals surface area contributed by atoms with Crippen molar-refractivity contribution in [1.82, 2.24) is 0 Å². The quantitative estimate of drug-likeness (QED) is 0.813. The second kappa shape index (κ2) is 6.81. The summed E-state index contributed by atoms with van der Waals surface area (Å²) in [6.45, 7) is 0. The maximum Gasteiger partial charge on any atom is 0.0186 e. The van der Waals surface area contributed by atoms with Gasteiger partial charge in [-0.15, -0.1) is 11.8 Å². The molecule has 1 unspecified atom stereocenters. The van der Waals surface area contributed by atoms with Crippen LogP contribution in [-0.2, 0) is 0 Å². The van der Waals surface area contributed by atoms with Gasteiger partial charge in [0.1, 0.15) is 0 Å². The van der Waals surface area contributed by atoms with E-state index in [4.69, 9.17) is 5.73 Å². The Hall–Kier alpha value is 0.01000. The van der Waals surface area contributed by atoms with Crippen molar-refractivity contribution < 1.29 is 0 Å². The molecule has 0 aliphatic heterocycles. The van der Waals surface area contributed by atoms with E-state index in [2.05, 4.69) is 40.2 Å². The van der Waals surface area contributed by atoms with Crippen LogP contribution in [0.2, 0.25) is 0 Å². The Balaban J connectivity index is 1.73. The summed E-state index contributed by atoms with van der Waals surface area (Å²) in [6.07, 6.45) is 6.83. The van der Waals surface area contributed by atoms with Gasteiger partial charge in [0.15, 0.2) is 0 Å². The molecule has 1 aromatic carbocycles. The van der Waals surface area contributed by atoms with Crippen LogP contribution in [0.25, 0.3) is 0 Å². The molecular weight excluding hydrogens is 294 g/mol. The highest BCUT2D eigenvalue weighted by Gasteiger charge is 2.18. The van der Waals surface area contributed by atoms with Crippen molar-refractivity contribution in [2.75, 3.05) is 5.75 Å². The van der Waals surface area contributed by atoms with Crippen molar-refractivity contribution >= 4 is 27.7 Å². The van der Waals surface area contributed by atoms with Crippen molar-refractivity contribution in [3.63, 3.8) is 0 Å². The summed E-state index contributed by atoms with van der Waals surface area (Å²) < 4.78 is 1.15. The Morgan fingerprint density at radius 3 is 2.82 bits per heavy atom. The monoisotopic (exact) mass is 313 g/mol. The highest BCUT2D eigenvalue weighted by atomic mass is 79.9. The second-order valence-electron chi connectivity index (χ2n) is 4.91. The average Bonchev–Trinajstić information content (AvgIpc) is 2.79. The van der Waals surface area contributed by atoms with Gasteiger partial charge in [-0.3, -0.25) is 0 Å². The van der Waals surface area contributed by atoms with Crippen LogP contribution in [0.4, 0.5) is 0 Å². The van der Waals surface area contributed by atoms with Crippen LogP contribution in [0.1, 0.15) is 32.1 Å². The Kier molecular flexibility index (Phi) is 5.39. The van der Waals surface area contributed by atoms with Gasteiger partial charge in [-0.1, -0.05) is 47.7 Å². The Labute approximate surface area is 117 Å². The molecule has 1 aliphatic carbocycles. The lowest BCUT2D eigenvalue weighted by Gasteiger charge is -2.15. The summed E-state index contributed by atoms with van der Waals surface area (Å²) in [7, 11) is 0. The first kappa shape index (κ1) is 13.4. The van der Waals surface area contributed by atoms with Crippen molar-refractivity contribution in [3.8, 4) is 0 Å². The molecule has 2 rings (SSSR count). The molecule has 0 radical (unpaired) electrons. The molecule has 0 spiro atoms. The van der Waals surface area contributed by atoms with Crippen LogP contribution in [0.15, 0.2) is 33.6 Å². The van der Waals surface area contributed by atoms with E-state index >= 15 is 0 Å². The Bertz CT molecular complexity index is 350. The molecule has 0 bridgehead atoms. The first-order chi connectivity index (χ1) is 8.24. The summed E-state index contributed by atoms with van der Waals surface area (Å²) in [5, 5.41) is 0. The lowest BCUT2D eigenvalue weighted by Crippen LogP contribution is -2.25. The van der Waals surface area contributed by atoms with Crippen LogP contribution in [0.3, 0.4) is 0 Å². The van der Waals surface area contributed by atoms with E-state index in [1.165, 1.54) is 37.0 Å². The number of hydrogen-bond donors (Lipinski definition) is 1. The van der Waals surface area contributed by atoms with Crippen LogP contribution >= 0.6 is 27.7 Å². The van der Waals surface area contributed by atoms with Gasteiger partial charge in [-0.2, -0.15) is 0 Å². The molecule has 2 N–H and O–H groups in total. The van der Waals surface area contributed by atoms with E-state index in [9.17, 15) is 0 Å². The summed E-state index contributed by atoms with van der Waals surface area (Å²) >= 11 is 5.37. The average molecular weight is 314 g/mol. The van der Waals surface area contributed by atoms with Gasteiger partial charge in [0.05, 0.1) is 0 Å². The molecule has 3 heteroatoms. The van der Waals surface area contributed by atoms with E-state index in [0.29, 0.717) is 6.04 Å². The molecule has 1 atom stereocenters. The molecule has 1 fully saturated rings. The summed E-state index contributed by atoms with van der Waals surface area (Å²) in [4.78, 5) is 1.31. The smallest absolute Gasteiger partial charge is 0.0186 e. The number of benzene rings is 1. The van der Waals surface area contributed by atoms with Gasteiger partial charge < -0.3 is 5.73 Å². The van der Waals surface area contributed by atoms with Crippen LogP contribution < -0.4 is 5.73 Å². The number of nitrogens with two attached hydrogens (primary N) is 1. The summed E-state index contributed by atoms with van der Waals surface area (Å²) in [6, 6.07) is 8.80. The number of hydrogen-bond acceptors (Lipinski definition) is 2. The third kappa shape index (κ3) is 4.65. The lowest BCUT2D eigenvalue weighted by atomic mass is 10.00. The first-order valence-electron chi connectivity index (χ1n) is 6.38. The second-order valence-corrected chi connectivity index (χ2v) is 6.92. The third-order valence-corrected chi connectivity index (χ3v) is 5.05. The zero-order valence-corrected chi connectivity index (χ0v) is 12.5. The maximum absolute atomic E-state index is 6.21. The number of halogens is 1. The van der Waals surface area contributed by atoms with Gasteiger partial charge >= 0.3 is 0 Å². The minimum absolute atomic E-state index is 0.349. The fourth-order valence-electron chi connectivity index (χ4n) is 2.50. The predicted octanol–water partition coefficient (Wildman–Crippen LogP) is 4.45. The molecule has 1 saturated carbocycles. The molecule has 1 nitrogen and oxygen atoms in total. The Morgan fingerprint density at radius 2 is 2.12 bits per heavy atom. The van der Waals surface area contributed by atoms with Gasteiger partial charge in [0.2, 0.25) is 0 Å². The lowest BCUT2D eigenvalue weighted by molar-refractivity contribution is 0.462. The van der Waals surface area contributed by atoms with Crippen molar-refractivity contribution in [2.45, 2.75) is 43.0 Å². The maximum atomic E-state index is 6.21. The number of rotatable bonds is 5. The molecule has 0 saturated heterocycles. The van der Waals surface area contributed by atoms with Crippen LogP contribution in [0.5, 0.6) is 0 Å². The molecular formula is C14H20BrNS. The molecule has 1 aliphatic rings. The van der Waals surface area contributed by atoms with Crippen LogP contribution in [0, 0.1) is 5.92 Å². The molecule has 94 valence electrons. The highest BCUT2D eigenvalue weighted by molar-refractivity contribution is 9.10. The minimum Gasteiger partial charge on any atom is -0.327 e. The van der Waals surface area contributed by atoms with Crippen LogP contribution in [-0.4, -0.2) is 11.8 Å². The summed E-state index contributed by atoms with van der Waals surface area (Å²) in [5.41, 5.74) is 6.21. The normalized spacial score (nSPS) is 18.5. The largest absolute Gasteiger partial charge is 0.327 e. The van der Waals surface area contributed by atoms with E-state index in [1.807, 2.05) is 11.8 Å². The molecule has 0 aromatic heterocycles. The van der Waals surface area contributed by atoms with Gasteiger partial charge in [0.25, 0.3) is 0 Å². The van der Waals surface area contributed by atoms with E-state index < -0.39 is 0 Å². The zero-order valence-electron chi connectivity index (χ0n) is 10.1. The Morgan fingerprint density at radius 1 is 1.35 bits per heavy atom. The molecule has 1 aromatic rings. The minimum atomic E-state index is 0.349. The third-order valence-electron chi connectivity index (χ3n) is 3.37. The topological polar surface area (TPSA) is 26.0 Å². The predicted molar refractivity (Wildman–Crippen MR) is 79.4 cm³/mol. The van der Waals surface area contributed by atoms with Crippen molar-refractivity contribution in [3.05, 3.63) is 28.7 Å². The highest BCUT2D eigenvalue weighted by Crippen LogP contribution is 2.30. The standard InChI is InChI=1S/C14H20BrNS/c15-12-6-3-7-14(9-12)17-10-13(16)8-11-4-1-2-5-11/h3,6-7,9,11,13H,1-2,4-5,8,10,16H2. The van der Waals surface area contributed by atoms with E-state index in [-0.39, 0.29) is 0 Å². The van der Waals surface area contributed by atoms with Crippen molar-refractivity contribution in [1.29, 1.82) is 0 Å². The number of thioether (sulfide) groups is 1. The SMILES string of the molecule is NC(CSc1cccc(Br)c1)CC1CCCC1. The fraction of sp³-hybridized carbons (Fsp3) is 0.571. The van der Waals surface area contributed by atoms with Gasteiger partial charge in [-0.05, 0) is 30.5 Å². The zero-order chi connectivity index (χ0) is 12.1. The molecule has 0 amide bonds. The molecule has 17 heavy (non-hydrogen) atoms. The van der Waals surface area contributed by atoms with Gasteiger partial charge in [0, 0.05) is 21.2 Å². The first-order valence-corrected chi connectivity index (χ1v) is 8.16.